The molecule has 0 bridgehead atoms. The average Bonchev–Trinajstić information content (AvgIpc) is 3.05. The van der Waals surface area contributed by atoms with E-state index < -0.39 is 5.97 Å². The second kappa shape index (κ2) is 7.63. The third kappa shape index (κ3) is 3.85. The van der Waals surface area contributed by atoms with Gasteiger partial charge in [-0.25, -0.2) is 9.48 Å². The van der Waals surface area contributed by atoms with Gasteiger partial charge >= 0.3 is 5.97 Å². The number of nitrogen functional groups attached to an aromatic ring is 1. The van der Waals surface area contributed by atoms with Crippen LogP contribution in [0.25, 0.3) is 5.69 Å². The molecule has 0 unspecified atom stereocenters. The minimum absolute atomic E-state index is 0.169. The van der Waals surface area contributed by atoms with Crippen molar-refractivity contribution < 1.29 is 14.3 Å². The average molecular weight is 429 g/mol. The number of aromatic nitrogens is 2. The Balaban J connectivity index is 1.80. The highest BCUT2D eigenvalue weighted by atomic mass is 79.9. The van der Waals surface area contributed by atoms with Gasteiger partial charge in [0.05, 0.1) is 24.7 Å². The Bertz CT molecular complexity index is 1010. The van der Waals surface area contributed by atoms with E-state index in [-0.39, 0.29) is 17.3 Å². The quantitative estimate of drug-likeness (QED) is 0.618. The standard InChI is InChI=1S/C19H17BrN4O3/c1-11-3-8-16(15(20)9-11)23-18(25)12-4-6-13(7-5-12)24-17(21)14(10-22-24)19(26)27-2/h3-10H,21H2,1-2H3,(H,23,25). The monoisotopic (exact) mass is 428 g/mol. The number of hydrogen-bond acceptors (Lipinski definition) is 5. The number of rotatable bonds is 4. The van der Waals surface area contributed by atoms with Crippen molar-refractivity contribution in [3.05, 3.63) is 69.8 Å². The SMILES string of the molecule is COC(=O)c1cnn(-c2ccc(C(=O)Nc3ccc(C)cc3Br)cc2)c1N. The van der Waals surface area contributed by atoms with E-state index >= 15 is 0 Å². The lowest BCUT2D eigenvalue weighted by Gasteiger charge is -2.09. The molecular weight excluding hydrogens is 412 g/mol. The number of carbonyl (C=O) groups excluding carboxylic acids is 2. The molecule has 0 spiro atoms. The maximum Gasteiger partial charge on any atom is 0.343 e. The van der Waals surface area contributed by atoms with Crippen molar-refractivity contribution >= 4 is 39.3 Å². The number of halogens is 1. The lowest BCUT2D eigenvalue weighted by molar-refractivity contribution is 0.0602. The normalized spacial score (nSPS) is 10.5. The third-order valence-corrected chi connectivity index (χ3v) is 4.61. The maximum atomic E-state index is 12.5. The van der Waals surface area contributed by atoms with Crippen LogP contribution in [0.15, 0.2) is 53.1 Å². The van der Waals surface area contributed by atoms with Gasteiger partial charge in [-0.2, -0.15) is 5.10 Å². The van der Waals surface area contributed by atoms with Crippen LogP contribution >= 0.6 is 15.9 Å². The summed E-state index contributed by atoms with van der Waals surface area (Å²) >= 11 is 3.44. The van der Waals surface area contributed by atoms with Crippen molar-refractivity contribution in [3.63, 3.8) is 0 Å². The van der Waals surface area contributed by atoms with Crippen LogP contribution in [0, 0.1) is 6.92 Å². The molecule has 0 saturated carbocycles. The first-order chi connectivity index (χ1) is 12.9. The zero-order valence-corrected chi connectivity index (χ0v) is 16.3. The second-order valence-corrected chi connectivity index (χ2v) is 6.69. The minimum Gasteiger partial charge on any atom is -0.465 e. The zero-order valence-electron chi connectivity index (χ0n) is 14.7. The number of methoxy groups -OCH3 is 1. The largest absolute Gasteiger partial charge is 0.465 e. The molecule has 2 aromatic carbocycles. The van der Waals surface area contributed by atoms with E-state index in [0.717, 1.165) is 10.0 Å². The molecule has 27 heavy (non-hydrogen) atoms. The van der Waals surface area contributed by atoms with Crippen LogP contribution in [0.5, 0.6) is 0 Å². The van der Waals surface area contributed by atoms with Gasteiger partial charge in [-0.3, -0.25) is 4.79 Å². The molecule has 1 amide bonds. The number of carbonyl (C=O) groups is 2. The topological polar surface area (TPSA) is 99.2 Å². The van der Waals surface area contributed by atoms with Crippen LogP contribution in [-0.2, 0) is 4.74 Å². The Morgan fingerprint density at radius 2 is 1.89 bits per heavy atom. The first-order valence-corrected chi connectivity index (χ1v) is 8.79. The van der Waals surface area contributed by atoms with E-state index in [1.807, 2.05) is 25.1 Å². The van der Waals surface area contributed by atoms with E-state index in [0.29, 0.717) is 16.9 Å². The van der Waals surface area contributed by atoms with Crippen molar-refractivity contribution in [2.45, 2.75) is 6.92 Å². The molecule has 0 aliphatic carbocycles. The minimum atomic E-state index is -0.557. The number of nitrogens with zero attached hydrogens (tertiary/aromatic N) is 2. The van der Waals surface area contributed by atoms with Crippen LogP contribution in [0.1, 0.15) is 26.3 Å². The number of ether oxygens (including phenoxy) is 1. The van der Waals surface area contributed by atoms with Gasteiger partial charge in [-0.1, -0.05) is 6.07 Å². The summed E-state index contributed by atoms with van der Waals surface area (Å²) in [4.78, 5) is 24.1. The fraction of sp³-hybridized carbons (Fsp3) is 0.105. The van der Waals surface area contributed by atoms with Gasteiger partial charge in [0, 0.05) is 10.0 Å². The highest BCUT2D eigenvalue weighted by Crippen LogP contribution is 2.24. The number of benzene rings is 2. The Hall–Kier alpha value is -3.13. The number of nitrogens with two attached hydrogens (primary N) is 1. The number of amides is 1. The van der Waals surface area contributed by atoms with Crippen molar-refractivity contribution in [1.82, 2.24) is 9.78 Å². The second-order valence-electron chi connectivity index (χ2n) is 5.83. The van der Waals surface area contributed by atoms with Gasteiger partial charge in [0.1, 0.15) is 11.4 Å². The van der Waals surface area contributed by atoms with Crippen molar-refractivity contribution in [3.8, 4) is 5.69 Å². The molecule has 1 aromatic heterocycles. The molecule has 0 atom stereocenters. The Morgan fingerprint density at radius 3 is 2.52 bits per heavy atom. The summed E-state index contributed by atoms with van der Waals surface area (Å²) in [5.41, 5.74) is 9.02. The van der Waals surface area contributed by atoms with E-state index in [9.17, 15) is 9.59 Å². The summed E-state index contributed by atoms with van der Waals surface area (Å²) in [6.07, 6.45) is 1.34. The van der Waals surface area contributed by atoms with Gasteiger partial charge in [0.15, 0.2) is 0 Å². The molecule has 3 aromatic rings. The lowest BCUT2D eigenvalue weighted by Crippen LogP contribution is -2.12. The molecule has 0 saturated heterocycles. The molecule has 138 valence electrons. The van der Waals surface area contributed by atoms with Crippen LogP contribution in [-0.4, -0.2) is 28.8 Å². The molecule has 0 radical (unpaired) electrons. The Morgan fingerprint density at radius 1 is 1.19 bits per heavy atom. The van der Waals surface area contributed by atoms with Crippen LogP contribution in [0.2, 0.25) is 0 Å². The molecule has 1 heterocycles. The third-order valence-electron chi connectivity index (χ3n) is 3.96. The summed E-state index contributed by atoms with van der Waals surface area (Å²) in [7, 11) is 1.28. The van der Waals surface area contributed by atoms with Crippen molar-refractivity contribution in [2.24, 2.45) is 0 Å². The molecule has 3 rings (SSSR count). The van der Waals surface area contributed by atoms with E-state index in [4.69, 9.17) is 5.73 Å². The molecule has 0 aliphatic rings. The van der Waals surface area contributed by atoms with E-state index in [1.54, 1.807) is 24.3 Å². The predicted molar refractivity (Wildman–Crippen MR) is 106 cm³/mol. The molecule has 0 aliphatic heterocycles. The maximum absolute atomic E-state index is 12.5. The summed E-state index contributed by atoms with van der Waals surface area (Å²) < 4.78 is 6.88. The van der Waals surface area contributed by atoms with Gasteiger partial charge < -0.3 is 15.8 Å². The first-order valence-electron chi connectivity index (χ1n) is 8.00. The van der Waals surface area contributed by atoms with Gasteiger partial charge in [0.25, 0.3) is 5.91 Å². The molecule has 7 nitrogen and oxygen atoms in total. The summed E-state index contributed by atoms with van der Waals surface area (Å²) in [5.74, 6) is -0.629. The fourth-order valence-electron chi connectivity index (χ4n) is 2.50. The summed E-state index contributed by atoms with van der Waals surface area (Å²) in [5, 5.41) is 6.96. The summed E-state index contributed by atoms with van der Waals surface area (Å²) in [6, 6.07) is 12.4. The molecular formula is C19H17BrN4O3. The highest BCUT2D eigenvalue weighted by molar-refractivity contribution is 9.10. The van der Waals surface area contributed by atoms with Gasteiger partial charge in [-0.15, -0.1) is 0 Å². The zero-order chi connectivity index (χ0) is 19.6. The number of nitrogens with one attached hydrogen (secondary N) is 1. The van der Waals surface area contributed by atoms with Crippen molar-refractivity contribution in [1.29, 1.82) is 0 Å². The number of anilines is 2. The predicted octanol–water partition coefficient (Wildman–Crippen LogP) is 3.56. The van der Waals surface area contributed by atoms with Gasteiger partial charge in [-0.05, 0) is 64.8 Å². The Labute approximate surface area is 164 Å². The van der Waals surface area contributed by atoms with Crippen LogP contribution in [0.4, 0.5) is 11.5 Å². The molecule has 0 fully saturated rings. The van der Waals surface area contributed by atoms with E-state index in [2.05, 4.69) is 31.1 Å². The Kier molecular flexibility index (Phi) is 5.27. The molecule has 8 heteroatoms. The molecule has 3 N–H and O–H groups in total. The number of esters is 1. The van der Waals surface area contributed by atoms with Crippen LogP contribution < -0.4 is 11.1 Å². The smallest absolute Gasteiger partial charge is 0.343 e. The van der Waals surface area contributed by atoms with Crippen LogP contribution in [0.3, 0.4) is 0 Å². The van der Waals surface area contributed by atoms with E-state index in [1.165, 1.54) is 18.0 Å². The van der Waals surface area contributed by atoms with Gasteiger partial charge in [0.2, 0.25) is 0 Å². The summed E-state index contributed by atoms with van der Waals surface area (Å²) in [6.45, 7) is 1.97. The highest BCUT2D eigenvalue weighted by Gasteiger charge is 2.17. The first kappa shape index (κ1) is 18.7. The fourth-order valence-corrected chi connectivity index (χ4v) is 3.09. The van der Waals surface area contributed by atoms with Crippen molar-refractivity contribution in [2.75, 3.05) is 18.2 Å². The number of aryl methyl sites for hydroxylation is 1. The number of hydrogen-bond donors (Lipinski definition) is 2. The lowest BCUT2D eigenvalue weighted by atomic mass is 10.1.